The van der Waals surface area contributed by atoms with Gasteiger partial charge in [0.15, 0.2) is 0 Å². The van der Waals surface area contributed by atoms with E-state index < -0.39 is 0 Å². The number of halogens is 1. The van der Waals surface area contributed by atoms with E-state index in [0.717, 1.165) is 28.8 Å². The van der Waals surface area contributed by atoms with Crippen molar-refractivity contribution in [2.24, 2.45) is 0 Å². The molecule has 1 saturated carbocycles. The van der Waals surface area contributed by atoms with Crippen LogP contribution >= 0.6 is 15.9 Å². The third-order valence-electron chi connectivity index (χ3n) is 2.82. The molecule has 0 heterocycles. The third kappa shape index (κ3) is 2.88. The van der Waals surface area contributed by atoms with E-state index in [1.165, 1.54) is 19.3 Å². The van der Waals surface area contributed by atoms with E-state index in [1.807, 2.05) is 18.2 Å². The molecule has 0 aliphatic heterocycles. The summed E-state index contributed by atoms with van der Waals surface area (Å²) in [6, 6.07) is 5.76. The van der Waals surface area contributed by atoms with Crippen molar-refractivity contribution < 1.29 is 4.74 Å². The van der Waals surface area contributed by atoms with Crippen LogP contribution in [0.5, 0.6) is 5.75 Å². The predicted molar refractivity (Wildman–Crippen MR) is 66.1 cm³/mol. The molecule has 0 atom stereocenters. The second-order valence-electron chi connectivity index (χ2n) is 4.06. The molecule has 2 rings (SSSR count). The number of ether oxygens (including phenoxy) is 1. The average Bonchev–Trinajstić information content (AvgIpc) is 2.25. The maximum absolute atomic E-state index is 5.91. The zero-order chi connectivity index (χ0) is 10.7. The van der Waals surface area contributed by atoms with Gasteiger partial charge in [-0.2, -0.15) is 0 Å². The second-order valence-corrected chi connectivity index (χ2v) is 4.98. The van der Waals surface area contributed by atoms with Crippen LogP contribution in [0.2, 0.25) is 0 Å². The van der Waals surface area contributed by atoms with Crippen LogP contribution in [0.15, 0.2) is 22.7 Å². The highest BCUT2D eigenvalue weighted by molar-refractivity contribution is 9.10. The highest BCUT2D eigenvalue weighted by Crippen LogP contribution is 2.29. The molecule has 1 aromatic rings. The molecule has 15 heavy (non-hydrogen) atoms. The lowest BCUT2D eigenvalue weighted by Gasteiger charge is -2.23. The summed E-state index contributed by atoms with van der Waals surface area (Å²) in [4.78, 5) is 0. The van der Waals surface area contributed by atoms with E-state index in [-0.39, 0.29) is 0 Å². The molecule has 0 unspecified atom stereocenters. The number of anilines is 1. The first-order valence-electron chi connectivity index (χ1n) is 5.47. The van der Waals surface area contributed by atoms with Crippen molar-refractivity contribution >= 4 is 21.6 Å². The van der Waals surface area contributed by atoms with Crippen LogP contribution in [0, 0.1) is 0 Å². The molecule has 0 bridgehead atoms. The minimum absolute atomic E-state index is 0.357. The number of benzene rings is 1. The molecule has 1 aliphatic carbocycles. The van der Waals surface area contributed by atoms with Gasteiger partial charge in [0.25, 0.3) is 0 Å². The molecule has 2 nitrogen and oxygen atoms in total. The van der Waals surface area contributed by atoms with Crippen molar-refractivity contribution in [2.45, 2.75) is 38.2 Å². The lowest BCUT2D eigenvalue weighted by atomic mass is 9.98. The van der Waals surface area contributed by atoms with Crippen LogP contribution < -0.4 is 10.5 Å². The summed E-state index contributed by atoms with van der Waals surface area (Å²) < 4.78 is 6.93. The standard InChI is InChI=1S/C12H16BrNO/c13-9-6-7-11(14)12(8-9)15-10-4-2-1-3-5-10/h6-8,10H,1-5,14H2. The Hall–Kier alpha value is -0.700. The molecule has 0 radical (unpaired) electrons. The van der Waals surface area contributed by atoms with Crippen LogP contribution in [0.1, 0.15) is 32.1 Å². The van der Waals surface area contributed by atoms with Gasteiger partial charge in [-0.1, -0.05) is 22.4 Å². The Morgan fingerprint density at radius 1 is 1.20 bits per heavy atom. The molecule has 0 aromatic heterocycles. The van der Waals surface area contributed by atoms with Crippen LogP contribution in [-0.4, -0.2) is 6.10 Å². The van der Waals surface area contributed by atoms with Gasteiger partial charge < -0.3 is 10.5 Å². The summed E-state index contributed by atoms with van der Waals surface area (Å²) in [7, 11) is 0. The van der Waals surface area contributed by atoms with Crippen molar-refractivity contribution in [3.05, 3.63) is 22.7 Å². The zero-order valence-corrected chi connectivity index (χ0v) is 10.3. The van der Waals surface area contributed by atoms with E-state index in [1.54, 1.807) is 0 Å². The SMILES string of the molecule is Nc1ccc(Br)cc1OC1CCCCC1. The number of rotatable bonds is 2. The number of nitrogen functional groups attached to an aromatic ring is 1. The van der Waals surface area contributed by atoms with Gasteiger partial charge in [0.2, 0.25) is 0 Å². The summed E-state index contributed by atoms with van der Waals surface area (Å²) >= 11 is 3.43. The normalized spacial score (nSPS) is 17.7. The largest absolute Gasteiger partial charge is 0.488 e. The van der Waals surface area contributed by atoms with Gasteiger partial charge >= 0.3 is 0 Å². The lowest BCUT2D eigenvalue weighted by Crippen LogP contribution is -2.20. The first-order valence-corrected chi connectivity index (χ1v) is 6.27. The third-order valence-corrected chi connectivity index (χ3v) is 3.31. The van der Waals surface area contributed by atoms with Crippen LogP contribution in [0.25, 0.3) is 0 Å². The van der Waals surface area contributed by atoms with E-state index in [9.17, 15) is 0 Å². The lowest BCUT2D eigenvalue weighted by molar-refractivity contribution is 0.156. The topological polar surface area (TPSA) is 35.2 Å². The molecule has 82 valence electrons. The fourth-order valence-corrected chi connectivity index (χ4v) is 2.31. The van der Waals surface area contributed by atoms with E-state index in [4.69, 9.17) is 10.5 Å². The highest BCUT2D eigenvalue weighted by atomic mass is 79.9. The van der Waals surface area contributed by atoms with Gasteiger partial charge in [-0.25, -0.2) is 0 Å². The minimum atomic E-state index is 0.357. The molecule has 3 heteroatoms. The fraction of sp³-hybridized carbons (Fsp3) is 0.500. The molecule has 0 spiro atoms. The van der Waals surface area contributed by atoms with Crippen molar-refractivity contribution in [3.8, 4) is 5.75 Å². The highest BCUT2D eigenvalue weighted by Gasteiger charge is 2.15. The predicted octanol–water partition coefficient (Wildman–Crippen LogP) is 3.74. The van der Waals surface area contributed by atoms with Gasteiger partial charge in [-0.05, 0) is 43.9 Å². The maximum atomic E-state index is 5.91. The van der Waals surface area contributed by atoms with Crippen molar-refractivity contribution in [2.75, 3.05) is 5.73 Å². The summed E-state index contributed by atoms with van der Waals surface area (Å²) in [6.45, 7) is 0. The minimum Gasteiger partial charge on any atom is -0.488 e. The van der Waals surface area contributed by atoms with E-state index in [2.05, 4.69) is 15.9 Å². The Balaban J connectivity index is 2.05. The molecule has 2 N–H and O–H groups in total. The quantitative estimate of drug-likeness (QED) is 0.831. The molecule has 1 aromatic carbocycles. The molecular formula is C12H16BrNO. The summed E-state index contributed by atoms with van der Waals surface area (Å²) in [6.07, 6.45) is 6.57. The Kier molecular flexibility index (Phi) is 3.52. The summed E-state index contributed by atoms with van der Waals surface area (Å²) in [5, 5.41) is 0. The van der Waals surface area contributed by atoms with Crippen LogP contribution in [-0.2, 0) is 0 Å². The van der Waals surface area contributed by atoms with Gasteiger partial charge in [-0.3, -0.25) is 0 Å². The van der Waals surface area contributed by atoms with Gasteiger partial charge in [0.05, 0.1) is 11.8 Å². The zero-order valence-electron chi connectivity index (χ0n) is 8.71. The summed E-state index contributed by atoms with van der Waals surface area (Å²) in [5.74, 6) is 0.816. The Morgan fingerprint density at radius 2 is 1.93 bits per heavy atom. The fourth-order valence-electron chi connectivity index (χ4n) is 1.97. The molecule has 1 aliphatic rings. The number of nitrogens with two attached hydrogens (primary N) is 1. The van der Waals surface area contributed by atoms with Crippen LogP contribution in [0.3, 0.4) is 0 Å². The molecule has 0 saturated heterocycles. The van der Waals surface area contributed by atoms with Crippen LogP contribution in [0.4, 0.5) is 5.69 Å². The van der Waals surface area contributed by atoms with E-state index >= 15 is 0 Å². The maximum Gasteiger partial charge on any atom is 0.143 e. The van der Waals surface area contributed by atoms with Crippen molar-refractivity contribution in [1.29, 1.82) is 0 Å². The van der Waals surface area contributed by atoms with Gasteiger partial charge in [0, 0.05) is 4.47 Å². The van der Waals surface area contributed by atoms with Crippen molar-refractivity contribution in [1.82, 2.24) is 0 Å². The smallest absolute Gasteiger partial charge is 0.143 e. The van der Waals surface area contributed by atoms with Crippen molar-refractivity contribution in [3.63, 3.8) is 0 Å². The average molecular weight is 270 g/mol. The Bertz CT molecular complexity index is 334. The van der Waals surface area contributed by atoms with Gasteiger partial charge in [0.1, 0.15) is 5.75 Å². The first kappa shape index (κ1) is 10.8. The first-order chi connectivity index (χ1) is 7.25. The van der Waals surface area contributed by atoms with Gasteiger partial charge in [-0.15, -0.1) is 0 Å². The molecule has 0 amide bonds. The number of hydrogen-bond acceptors (Lipinski definition) is 2. The Morgan fingerprint density at radius 3 is 2.67 bits per heavy atom. The monoisotopic (exact) mass is 269 g/mol. The summed E-state index contributed by atoms with van der Waals surface area (Å²) in [5.41, 5.74) is 6.59. The van der Waals surface area contributed by atoms with E-state index in [0.29, 0.717) is 6.10 Å². The number of hydrogen-bond donors (Lipinski definition) is 1. The Labute approximate surface area is 98.9 Å². The second kappa shape index (κ2) is 4.88. The molecular weight excluding hydrogens is 254 g/mol. The molecule has 1 fully saturated rings.